The summed E-state index contributed by atoms with van der Waals surface area (Å²) in [5, 5.41) is 19.6. The zero-order valence-corrected chi connectivity index (χ0v) is 57.1. The number of nitrogens with two attached hydrogens (primary N) is 3. The van der Waals surface area contributed by atoms with Gasteiger partial charge in [-0.25, -0.2) is 14.6 Å². The highest BCUT2D eigenvalue weighted by atomic mass is 32.1. The highest BCUT2D eigenvalue weighted by molar-refractivity contribution is 7.09. The maximum absolute atomic E-state index is 14.9. The molecule has 2 aromatic carbocycles. The number of hydrogen-bond donors (Lipinski definition) is 9. The van der Waals surface area contributed by atoms with Gasteiger partial charge in [0.1, 0.15) is 35.8 Å². The number of carbonyl (C=O) groups excluding carboxylic acids is 9. The molecule has 26 heteroatoms. The van der Waals surface area contributed by atoms with Crippen molar-refractivity contribution in [3.05, 3.63) is 82.3 Å². The molecular formula is C66H105N13O12S. The van der Waals surface area contributed by atoms with Gasteiger partial charge in [0, 0.05) is 58.7 Å². The number of amides is 10. The van der Waals surface area contributed by atoms with Gasteiger partial charge in [-0.05, 0) is 98.4 Å². The van der Waals surface area contributed by atoms with E-state index >= 15 is 0 Å². The maximum atomic E-state index is 14.9. The van der Waals surface area contributed by atoms with Gasteiger partial charge in [0.2, 0.25) is 41.4 Å². The zero-order valence-electron chi connectivity index (χ0n) is 56.2. The number of methoxy groups -OCH3 is 2. The van der Waals surface area contributed by atoms with E-state index in [0.717, 1.165) is 10.6 Å². The molecular weight excluding hydrogens is 1200 g/mol. The smallest absolute Gasteiger partial charge is 0.410 e. The van der Waals surface area contributed by atoms with Gasteiger partial charge in [-0.1, -0.05) is 118 Å². The van der Waals surface area contributed by atoms with Gasteiger partial charge >= 0.3 is 12.1 Å². The van der Waals surface area contributed by atoms with Gasteiger partial charge in [-0.15, -0.1) is 11.3 Å². The van der Waals surface area contributed by atoms with Crippen molar-refractivity contribution in [2.24, 2.45) is 46.8 Å². The lowest BCUT2D eigenvalue weighted by atomic mass is 9.89. The lowest BCUT2D eigenvalue weighted by Gasteiger charge is -2.41. The Hall–Kier alpha value is -7.26. The van der Waals surface area contributed by atoms with E-state index in [2.05, 4.69) is 36.9 Å². The normalized spacial score (nSPS) is 16.8. The summed E-state index contributed by atoms with van der Waals surface area (Å²) in [6.07, 6.45) is 4.05. The summed E-state index contributed by atoms with van der Waals surface area (Å²) in [5.41, 5.74) is 18.9. The second-order valence-electron chi connectivity index (χ2n) is 25.1. The van der Waals surface area contributed by atoms with Crippen LogP contribution >= 0.6 is 11.3 Å². The lowest BCUT2D eigenvalue weighted by molar-refractivity contribution is -0.148. The van der Waals surface area contributed by atoms with E-state index < -0.39 is 114 Å². The molecule has 1 aromatic heterocycles. The molecule has 12 N–H and O–H groups in total. The second-order valence-corrected chi connectivity index (χ2v) is 26.0. The number of thiazole rings is 1. The lowest BCUT2D eigenvalue weighted by Crippen LogP contribution is -2.60. The third-order valence-electron chi connectivity index (χ3n) is 17.2. The van der Waals surface area contributed by atoms with Crippen molar-refractivity contribution in [2.75, 3.05) is 53.3 Å². The standard InChI is InChI=1S/C66H105N13O12S/c1-14-42(8)56(51(89-12)37-52(80)79-34-21-26-50(79)57(90-13)43(9)58(81)74-49(63-70-33-35-92-63)36-44-22-16-15-17-23-44)77(10)64(86)54(40(4)5)76-62(85)55(41(6)7)78(11)66(88)91-38-45-27-29-46(30-28-45)72-60(83)48(25-20-32-71-65(69)87)73-61(84)53(39(2)3)75-59(82)47(68)24-18-19-31-67/h15-17,22-23,27-30,33,35,39-43,47-51,53-57H,14,18-21,24-26,31-32,34,36-38,67-68H2,1-13H3,(H,72,83)(H,73,84)(H,74,81)(H,75,82)(H,76,85)(H3,69,71,87)/t42-,43+,47-,48-,49-,50-,51-,53?,54?,55-,56-,57-/m0/s1. The van der Waals surface area contributed by atoms with Crippen LogP contribution in [-0.4, -0.2) is 176 Å². The summed E-state index contributed by atoms with van der Waals surface area (Å²) in [5.74, 6) is -5.09. The SMILES string of the molecule is CC[C@H](C)[C@@H]([C@H](CC(=O)N1CCC[C@H]1[C@@H](OC)[C@@H](C)C(=O)N[C@@H](Cc1ccccc1)c1nccs1)OC)N(C)C(=O)C(NC(=O)[C@H](C(C)C)N(C)C(=O)OCc1ccc(NC(=O)[C@H](CCCNC(N)=O)NC(=O)C(NC(=O)[C@@H](N)CCCCN)C(C)C)cc1)C(C)C. The van der Waals surface area contributed by atoms with E-state index in [1.165, 1.54) is 30.4 Å². The first kappa shape index (κ1) is 77.2. The monoisotopic (exact) mass is 1300 g/mol. The summed E-state index contributed by atoms with van der Waals surface area (Å²) in [6.45, 7) is 17.3. The zero-order chi connectivity index (χ0) is 68.4. The van der Waals surface area contributed by atoms with Crippen LogP contribution in [0.1, 0.15) is 142 Å². The Kier molecular flexibility index (Phi) is 32.5. The van der Waals surface area contributed by atoms with Crippen LogP contribution in [0.3, 0.4) is 0 Å². The van der Waals surface area contributed by atoms with Crippen molar-refractivity contribution in [3.8, 4) is 0 Å². The number of likely N-dealkylation sites (N-methyl/N-ethyl adjacent to an activating group) is 2. The van der Waals surface area contributed by atoms with Crippen molar-refractivity contribution in [2.45, 2.75) is 194 Å². The van der Waals surface area contributed by atoms with Crippen LogP contribution in [0, 0.1) is 29.6 Å². The molecule has 1 saturated heterocycles. The molecule has 0 radical (unpaired) electrons. The summed E-state index contributed by atoms with van der Waals surface area (Å²) in [6, 6.07) is 9.12. The van der Waals surface area contributed by atoms with Crippen LogP contribution in [0.2, 0.25) is 0 Å². The number of rotatable bonds is 38. The van der Waals surface area contributed by atoms with Gasteiger partial charge in [0.05, 0.1) is 48.7 Å². The number of anilines is 1. The fourth-order valence-electron chi connectivity index (χ4n) is 11.7. The average molecular weight is 1300 g/mol. The van der Waals surface area contributed by atoms with Gasteiger partial charge in [-0.3, -0.25) is 38.5 Å². The van der Waals surface area contributed by atoms with Crippen molar-refractivity contribution in [1.82, 2.24) is 46.3 Å². The van der Waals surface area contributed by atoms with Gasteiger partial charge in [0.15, 0.2) is 0 Å². The number of nitrogens with one attached hydrogen (secondary N) is 6. The van der Waals surface area contributed by atoms with Crippen LogP contribution in [-0.2, 0) is 60.8 Å². The van der Waals surface area contributed by atoms with Crippen molar-refractivity contribution < 1.29 is 57.4 Å². The molecule has 512 valence electrons. The molecule has 0 spiro atoms. The van der Waals surface area contributed by atoms with E-state index in [0.29, 0.717) is 69.3 Å². The largest absolute Gasteiger partial charge is 0.445 e. The number of carbonyl (C=O) groups is 9. The maximum Gasteiger partial charge on any atom is 0.410 e. The molecule has 2 unspecified atom stereocenters. The number of nitrogens with zero attached hydrogens (tertiary/aromatic N) is 4. The summed E-state index contributed by atoms with van der Waals surface area (Å²) in [4.78, 5) is 133. The molecule has 1 fully saturated rings. The van der Waals surface area contributed by atoms with Crippen molar-refractivity contribution >= 4 is 70.5 Å². The molecule has 25 nitrogen and oxygen atoms in total. The molecule has 0 aliphatic carbocycles. The molecule has 1 aliphatic heterocycles. The number of likely N-dealkylation sites (tertiary alicyclic amines) is 1. The average Bonchev–Trinajstić information content (AvgIpc) is 1.40. The first-order valence-corrected chi connectivity index (χ1v) is 33.1. The van der Waals surface area contributed by atoms with Gasteiger partial charge in [-0.2, -0.15) is 0 Å². The Labute approximate surface area is 547 Å². The molecule has 10 amide bonds. The molecule has 3 aromatic rings. The van der Waals surface area contributed by atoms with Crippen LogP contribution in [0.5, 0.6) is 0 Å². The van der Waals surface area contributed by atoms with Crippen LogP contribution < -0.4 is 49.1 Å². The van der Waals surface area contributed by atoms with Crippen LogP contribution in [0.25, 0.3) is 0 Å². The molecule has 4 rings (SSSR count). The Morgan fingerprint density at radius 3 is 1.98 bits per heavy atom. The number of ether oxygens (including phenoxy) is 3. The van der Waals surface area contributed by atoms with Crippen molar-refractivity contribution in [3.63, 3.8) is 0 Å². The summed E-state index contributed by atoms with van der Waals surface area (Å²) in [7, 11) is 6.18. The molecule has 0 saturated carbocycles. The third kappa shape index (κ3) is 23.1. The van der Waals surface area contributed by atoms with Crippen LogP contribution in [0.15, 0.2) is 66.2 Å². The summed E-state index contributed by atoms with van der Waals surface area (Å²) < 4.78 is 17.9. The van der Waals surface area contributed by atoms with E-state index in [1.807, 2.05) is 70.3 Å². The van der Waals surface area contributed by atoms with E-state index in [4.69, 9.17) is 31.4 Å². The third-order valence-corrected chi connectivity index (χ3v) is 18.1. The van der Waals surface area contributed by atoms with E-state index in [1.54, 1.807) is 82.1 Å². The number of hydrogen-bond acceptors (Lipinski definition) is 16. The fourth-order valence-corrected chi connectivity index (χ4v) is 12.4. The van der Waals surface area contributed by atoms with Crippen LogP contribution in [0.4, 0.5) is 15.3 Å². The molecule has 92 heavy (non-hydrogen) atoms. The van der Waals surface area contributed by atoms with Gasteiger partial charge < -0.3 is 73.1 Å². The first-order chi connectivity index (χ1) is 43.7. The number of benzene rings is 2. The number of primary amides is 1. The molecule has 0 bridgehead atoms. The Balaban J connectivity index is 1.41. The number of aromatic nitrogens is 1. The predicted octanol–water partition coefficient (Wildman–Crippen LogP) is 5.37. The Morgan fingerprint density at radius 2 is 1.40 bits per heavy atom. The van der Waals surface area contributed by atoms with E-state index in [9.17, 15) is 43.2 Å². The van der Waals surface area contributed by atoms with Crippen molar-refractivity contribution in [1.29, 1.82) is 0 Å². The van der Waals surface area contributed by atoms with E-state index in [-0.39, 0.29) is 62.1 Å². The second kappa shape index (κ2) is 38.7. The Bertz CT molecular complexity index is 2810. The molecule has 2 heterocycles. The fraction of sp³-hybridized carbons (Fsp3) is 0.636. The minimum Gasteiger partial charge on any atom is -0.445 e. The van der Waals surface area contributed by atoms with Gasteiger partial charge in [0.25, 0.3) is 0 Å². The number of unbranched alkanes of at least 4 members (excludes halogenated alkanes) is 1. The molecule has 1 aliphatic rings. The first-order valence-electron chi connectivity index (χ1n) is 32.2. The Morgan fingerprint density at radius 1 is 0.739 bits per heavy atom. The minimum absolute atomic E-state index is 0.0696. The highest BCUT2D eigenvalue weighted by Gasteiger charge is 2.44. The molecule has 12 atom stereocenters. The number of urea groups is 1. The predicted molar refractivity (Wildman–Crippen MR) is 354 cm³/mol. The highest BCUT2D eigenvalue weighted by Crippen LogP contribution is 2.31. The summed E-state index contributed by atoms with van der Waals surface area (Å²) >= 11 is 1.47. The quantitative estimate of drug-likeness (QED) is 0.0326. The minimum atomic E-state index is -1.10. The topological polar surface area (TPSA) is 354 Å².